The first kappa shape index (κ1) is 17.7. The monoisotopic (exact) mass is 358 g/mol. The van der Waals surface area contributed by atoms with E-state index >= 15 is 0 Å². The van der Waals surface area contributed by atoms with Gasteiger partial charge in [-0.3, -0.25) is 4.79 Å². The number of benzene rings is 1. The molecule has 2 aromatic rings. The summed E-state index contributed by atoms with van der Waals surface area (Å²) in [5.41, 5.74) is 3.33. The Morgan fingerprint density at radius 1 is 1.08 bits per heavy atom. The van der Waals surface area contributed by atoms with Crippen LogP contribution in [0.4, 0.5) is 5.82 Å². The summed E-state index contributed by atoms with van der Waals surface area (Å²) in [6.07, 6.45) is 0.769. The van der Waals surface area contributed by atoms with E-state index in [2.05, 4.69) is 9.88 Å². The minimum atomic E-state index is 0.135. The molecular weight excluding hydrogens is 336 g/mol. The van der Waals surface area contributed by atoms with E-state index in [0.29, 0.717) is 0 Å². The van der Waals surface area contributed by atoms with Gasteiger partial charge >= 0.3 is 0 Å². The highest BCUT2D eigenvalue weighted by atomic mass is 35.5. The van der Waals surface area contributed by atoms with E-state index in [1.165, 1.54) is 5.56 Å². The predicted octanol–water partition coefficient (Wildman–Crippen LogP) is 3.01. The molecule has 0 radical (unpaired) electrons. The molecule has 5 nitrogen and oxygen atoms in total. The zero-order valence-electron chi connectivity index (χ0n) is 14.9. The number of nitrogens with zero attached hydrogens (tertiary/aromatic N) is 4. The van der Waals surface area contributed by atoms with E-state index in [-0.39, 0.29) is 5.91 Å². The summed E-state index contributed by atoms with van der Waals surface area (Å²) in [5, 5.41) is 0.737. The first-order valence-electron chi connectivity index (χ1n) is 8.53. The second kappa shape index (κ2) is 7.40. The van der Waals surface area contributed by atoms with E-state index in [1.54, 1.807) is 6.92 Å². The van der Waals surface area contributed by atoms with Crippen molar-refractivity contribution >= 4 is 23.3 Å². The molecule has 6 heteroatoms. The van der Waals surface area contributed by atoms with Gasteiger partial charge in [0, 0.05) is 55.8 Å². The molecule has 1 aromatic heterocycles. The molecule has 2 heterocycles. The van der Waals surface area contributed by atoms with Crippen LogP contribution in [0.15, 0.2) is 24.3 Å². The number of piperazine rings is 1. The number of carbonyl (C=O) groups excluding carboxylic acids is 1. The van der Waals surface area contributed by atoms with Crippen molar-refractivity contribution in [1.82, 2.24) is 14.9 Å². The van der Waals surface area contributed by atoms with Crippen LogP contribution in [0.1, 0.15) is 29.6 Å². The molecule has 1 aromatic carbocycles. The number of aryl methyl sites for hydroxylation is 2. The van der Waals surface area contributed by atoms with E-state index in [0.717, 1.165) is 60.5 Å². The quantitative estimate of drug-likeness (QED) is 0.846. The molecule has 0 aliphatic carbocycles. The van der Waals surface area contributed by atoms with Crippen LogP contribution in [-0.2, 0) is 11.2 Å². The third kappa shape index (κ3) is 4.10. The second-order valence-corrected chi connectivity index (χ2v) is 6.89. The minimum absolute atomic E-state index is 0.135. The third-order valence-electron chi connectivity index (χ3n) is 4.62. The molecule has 0 N–H and O–H groups in total. The fourth-order valence-corrected chi connectivity index (χ4v) is 3.35. The zero-order valence-corrected chi connectivity index (χ0v) is 15.7. The number of halogens is 1. The highest BCUT2D eigenvalue weighted by Gasteiger charge is 2.23. The molecule has 0 unspecified atom stereocenters. The number of hydrogen-bond acceptors (Lipinski definition) is 4. The molecule has 3 rings (SSSR count). The lowest BCUT2D eigenvalue weighted by atomic mass is 10.0. The summed E-state index contributed by atoms with van der Waals surface area (Å²) in [7, 11) is 0. The SMILES string of the molecule is CC(=O)N1CCN(c2nc(C)nc(C)c2Cc2ccc(Cl)cc2)CC1. The molecule has 0 bridgehead atoms. The number of anilines is 1. The van der Waals surface area contributed by atoms with Crippen LogP contribution >= 0.6 is 11.6 Å². The van der Waals surface area contributed by atoms with E-state index in [9.17, 15) is 4.79 Å². The number of amides is 1. The average Bonchev–Trinajstić information content (AvgIpc) is 2.59. The first-order valence-corrected chi connectivity index (χ1v) is 8.91. The highest BCUT2D eigenvalue weighted by Crippen LogP contribution is 2.25. The maximum absolute atomic E-state index is 11.6. The molecule has 25 heavy (non-hydrogen) atoms. The van der Waals surface area contributed by atoms with Crippen molar-refractivity contribution in [2.24, 2.45) is 0 Å². The van der Waals surface area contributed by atoms with Crippen LogP contribution in [0.2, 0.25) is 5.02 Å². The Balaban J connectivity index is 1.88. The Morgan fingerprint density at radius 3 is 2.32 bits per heavy atom. The molecule has 1 amide bonds. The zero-order chi connectivity index (χ0) is 18.0. The minimum Gasteiger partial charge on any atom is -0.353 e. The van der Waals surface area contributed by atoms with Gasteiger partial charge in [-0.15, -0.1) is 0 Å². The van der Waals surface area contributed by atoms with Crippen LogP contribution in [0.5, 0.6) is 0 Å². The molecule has 0 saturated carbocycles. The third-order valence-corrected chi connectivity index (χ3v) is 4.87. The van der Waals surface area contributed by atoms with Crippen LogP contribution in [-0.4, -0.2) is 47.0 Å². The Labute approximate surface area is 153 Å². The standard InChI is InChI=1S/C19H23ClN4O/c1-13-18(12-16-4-6-17(20)7-5-16)19(22-14(2)21-13)24-10-8-23(9-11-24)15(3)25/h4-7H,8-12H2,1-3H3. The van der Waals surface area contributed by atoms with Crippen molar-refractivity contribution in [3.63, 3.8) is 0 Å². The van der Waals surface area contributed by atoms with Gasteiger partial charge in [0.15, 0.2) is 0 Å². The normalized spacial score (nSPS) is 14.7. The Kier molecular flexibility index (Phi) is 5.23. The molecule has 132 valence electrons. The highest BCUT2D eigenvalue weighted by molar-refractivity contribution is 6.30. The van der Waals surface area contributed by atoms with Gasteiger partial charge in [0.25, 0.3) is 0 Å². The maximum atomic E-state index is 11.6. The molecule has 1 fully saturated rings. The van der Waals surface area contributed by atoms with Crippen molar-refractivity contribution in [1.29, 1.82) is 0 Å². The largest absolute Gasteiger partial charge is 0.353 e. The fraction of sp³-hybridized carbons (Fsp3) is 0.421. The fourth-order valence-electron chi connectivity index (χ4n) is 3.23. The van der Waals surface area contributed by atoms with Gasteiger partial charge in [0.2, 0.25) is 5.91 Å². The lowest BCUT2D eigenvalue weighted by molar-refractivity contribution is -0.129. The van der Waals surface area contributed by atoms with Crippen molar-refractivity contribution in [2.75, 3.05) is 31.1 Å². The summed E-state index contributed by atoms with van der Waals surface area (Å²) < 4.78 is 0. The van der Waals surface area contributed by atoms with Gasteiger partial charge in [-0.05, 0) is 31.5 Å². The van der Waals surface area contributed by atoms with Gasteiger partial charge in [0.05, 0.1) is 0 Å². The van der Waals surface area contributed by atoms with E-state index < -0.39 is 0 Å². The van der Waals surface area contributed by atoms with E-state index in [1.807, 2.05) is 43.0 Å². The second-order valence-electron chi connectivity index (χ2n) is 6.45. The molecule has 0 spiro atoms. The van der Waals surface area contributed by atoms with Gasteiger partial charge in [-0.1, -0.05) is 23.7 Å². The maximum Gasteiger partial charge on any atom is 0.219 e. The van der Waals surface area contributed by atoms with Crippen LogP contribution < -0.4 is 4.90 Å². The first-order chi connectivity index (χ1) is 11.9. The summed E-state index contributed by atoms with van der Waals surface area (Å²) in [4.78, 5) is 25.0. The number of aromatic nitrogens is 2. The smallest absolute Gasteiger partial charge is 0.219 e. The number of rotatable bonds is 3. The summed E-state index contributed by atoms with van der Waals surface area (Å²) in [6.45, 7) is 8.64. The van der Waals surface area contributed by atoms with Crippen LogP contribution in [0.3, 0.4) is 0 Å². The number of hydrogen-bond donors (Lipinski definition) is 0. The summed E-state index contributed by atoms with van der Waals surface area (Å²) >= 11 is 5.99. The van der Waals surface area contributed by atoms with Crippen LogP contribution in [0.25, 0.3) is 0 Å². The predicted molar refractivity (Wildman–Crippen MR) is 100 cm³/mol. The Hall–Kier alpha value is -2.14. The Bertz CT molecular complexity index is 768. The lowest BCUT2D eigenvalue weighted by Crippen LogP contribution is -2.48. The van der Waals surface area contributed by atoms with E-state index in [4.69, 9.17) is 16.6 Å². The van der Waals surface area contributed by atoms with Gasteiger partial charge < -0.3 is 9.80 Å². The average molecular weight is 359 g/mol. The Morgan fingerprint density at radius 2 is 1.72 bits per heavy atom. The molecular formula is C19H23ClN4O. The molecule has 1 saturated heterocycles. The molecule has 0 atom stereocenters. The summed E-state index contributed by atoms with van der Waals surface area (Å²) in [6, 6.07) is 7.90. The van der Waals surface area contributed by atoms with Crippen LogP contribution in [0, 0.1) is 13.8 Å². The van der Waals surface area contributed by atoms with Gasteiger partial charge in [-0.2, -0.15) is 0 Å². The van der Waals surface area contributed by atoms with Crippen molar-refractivity contribution in [2.45, 2.75) is 27.2 Å². The van der Waals surface area contributed by atoms with Gasteiger partial charge in [0.1, 0.15) is 11.6 Å². The van der Waals surface area contributed by atoms with Crippen molar-refractivity contribution in [3.05, 3.63) is 51.9 Å². The molecule has 1 aliphatic heterocycles. The van der Waals surface area contributed by atoms with Crippen molar-refractivity contribution < 1.29 is 4.79 Å². The topological polar surface area (TPSA) is 49.3 Å². The number of carbonyl (C=O) groups is 1. The lowest BCUT2D eigenvalue weighted by Gasteiger charge is -2.36. The molecule has 1 aliphatic rings. The summed E-state index contributed by atoms with van der Waals surface area (Å²) in [5.74, 6) is 1.90. The van der Waals surface area contributed by atoms with Gasteiger partial charge in [-0.25, -0.2) is 9.97 Å². The van der Waals surface area contributed by atoms with Crippen molar-refractivity contribution in [3.8, 4) is 0 Å².